The van der Waals surface area contributed by atoms with Crippen LogP contribution < -0.4 is 4.74 Å². The van der Waals surface area contributed by atoms with Crippen LogP contribution in [0.4, 0.5) is 0 Å². The molecule has 1 heterocycles. The second-order valence-corrected chi connectivity index (χ2v) is 7.79. The molecule has 4 rings (SSSR count). The lowest BCUT2D eigenvalue weighted by atomic mass is 10.1. The van der Waals surface area contributed by atoms with Crippen LogP contribution in [-0.4, -0.2) is 26.7 Å². The SMILES string of the molecule is CCCCC(Oc1ccc2nc(-c3ccccc3)n(-c3cccc(Cl)c3)c2c1)C(=O)O. The van der Waals surface area contributed by atoms with Crippen molar-refractivity contribution < 1.29 is 14.6 Å². The first-order chi connectivity index (χ1) is 15.1. The molecule has 5 nitrogen and oxygen atoms in total. The summed E-state index contributed by atoms with van der Waals surface area (Å²) >= 11 is 6.27. The average Bonchev–Trinajstić information content (AvgIpc) is 3.16. The van der Waals surface area contributed by atoms with E-state index in [1.54, 1.807) is 6.07 Å². The van der Waals surface area contributed by atoms with Gasteiger partial charge >= 0.3 is 5.97 Å². The molecule has 0 fully saturated rings. The quantitative estimate of drug-likeness (QED) is 0.350. The number of unbranched alkanes of at least 4 members (excludes halogenated alkanes) is 1. The zero-order chi connectivity index (χ0) is 21.8. The number of hydrogen-bond acceptors (Lipinski definition) is 3. The van der Waals surface area contributed by atoms with E-state index in [0.717, 1.165) is 41.0 Å². The van der Waals surface area contributed by atoms with Crippen LogP contribution in [0.5, 0.6) is 5.75 Å². The van der Waals surface area contributed by atoms with Gasteiger partial charge in [-0.3, -0.25) is 4.57 Å². The highest BCUT2D eigenvalue weighted by Crippen LogP contribution is 2.32. The van der Waals surface area contributed by atoms with Crippen LogP contribution in [0.25, 0.3) is 28.1 Å². The fraction of sp³-hybridized carbons (Fsp3) is 0.200. The molecule has 0 saturated heterocycles. The molecule has 0 aliphatic rings. The molecule has 4 aromatic rings. The summed E-state index contributed by atoms with van der Waals surface area (Å²) in [4.78, 5) is 16.5. The third-order valence-electron chi connectivity index (χ3n) is 5.10. The summed E-state index contributed by atoms with van der Waals surface area (Å²) in [5.74, 6) is 0.316. The van der Waals surface area contributed by atoms with Crippen molar-refractivity contribution in [3.8, 4) is 22.8 Å². The van der Waals surface area contributed by atoms with Gasteiger partial charge < -0.3 is 9.84 Å². The Balaban J connectivity index is 1.84. The second kappa shape index (κ2) is 9.23. The number of hydrogen-bond donors (Lipinski definition) is 1. The van der Waals surface area contributed by atoms with Gasteiger partial charge in [0, 0.05) is 22.3 Å². The molecule has 0 bridgehead atoms. The van der Waals surface area contributed by atoms with E-state index in [0.29, 0.717) is 17.2 Å². The summed E-state index contributed by atoms with van der Waals surface area (Å²) in [7, 11) is 0. The Hall–Kier alpha value is -3.31. The molecular weight excluding hydrogens is 412 g/mol. The van der Waals surface area contributed by atoms with Crippen LogP contribution in [0.3, 0.4) is 0 Å². The first-order valence-electron chi connectivity index (χ1n) is 10.3. The Kier molecular flexibility index (Phi) is 6.23. The van der Waals surface area contributed by atoms with Crippen molar-refractivity contribution in [2.45, 2.75) is 32.3 Å². The van der Waals surface area contributed by atoms with Gasteiger partial charge in [0.1, 0.15) is 11.6 Å². The highest BCUT2D eigenvalue weighted by atomic mass is 35.5. The lowest BCUT2D eigenvalue weighted by Gasteiger charge is -2.15. The molecule has 3 aromatic carbocycles. The molecule has 1 N–H and O–H groups in total. The van der Waals surface area contributed by atoms with Crippen molar-refractivity contribution in [1.82, 2.24) is 9.55 Å². The molecule has 158 valence electrons. The molecule has 1 aromatic heterocycles. The Morgan fingerprint density at radius 2 is 1.90 bits per heavy atom. The minimum Gasteiger partial charge on any atom is -0.479 e. The molecule has 0 radical (unpaired) electrons. The maximum absolute atomic E-state index is 11.6. The number of imidazole rings is 1. The number of carboxylic acid groups (broad SMARTS) is 1. The summed E-state index contributed by atoms with van der Waals surface area (Å²) in [5, 5.41) is 10.2. The molecule has 6 heteroatoms. The summed E-state index contributed by atoms with van der Waals surface area (Å²) in [6.45, 7) is 2.03. The Morgan fingerprint density at radius 1 is 1.10 bits per heavy atom. The lowest BCUT2D eigenvalue weighted by Crippen LogP contribution is -2.26. The van der Waals surface area contributed by atoms with Crippen molar-refractivity contribution in [1.29, 1.82) is 0 Å². The van der Waals surface area contributed by atoms with Gasteiger partial charge in [-0.1, -0.05) is 61.3 Å². The number of carbonyl (C=O) groups is 1. The van der Waals surface area contributed by atoms with Crippen LogP contribution in [0.2, 0.25) is 5.02 Å². The average molecular weight is 435 g/mol. The summed E-state index contributed by atoms with van der Waals surface area (Å²) in [5.41, 5.74) is 3.43. The van der Waals surface area contributed by atoms with Crippen molar-refractivity contribution >= 4 is 28.6 Å². The minimum atomic E-state index is -0.957. The van der Waals surface area contributed by atoms with E-state index < -0.39 is 12.1 Å². The number of fused-ring (bicyclic) bond motifs is 1. The minimum absolute atomic E-state index is 0.465. The molecule has 0 saturated carbocycles. The van der Waals surface area contributed by atoms with E-state index in [-0.39, 0.29) is 0 Å². The van der Waals surface area contributed by atoms with Crippen LogP contribution in [-0.2, 0) is 4.79 Å². The van der Waals surface area contributed by atoms with Gasteiger partial charge in [-0.2, -0.15) is 0 Å². The summed E-state index contributed by atoms with van der Waals surface area (Å²) < 4.78 is 7.87. The van der Waals surface area contributed by atoms with Crippen LogP contribution in [0.1, 0.15) is 26.2 Å². The highest BCUT2D eigenvalue weighted by molar-refractivity contribution is 6.30. The van der Waals surface area contributed by atoms with Gasteiger partial charge in [0.15, 0.2) is 6.10 Å². The van der Waals surface area contributed by atoms with Crippen LogP contribution >= 0.6 is 11.6 Å². The first kappa shape index (κ1) is 20.9. The van der Waals surface area contributed by atoms with Gasteiger partial charge in [0.25, 0.3) is 0 Å². The fourth-order valence-corrected chi connectivity index (χ4v) is 3.76. The molecular formula is C25H23ClN2O3. The van der Waals surface area contributed by atoms with Crippen molar-refractivity contribution in [2.24, 2.45) is 0 Å². The third kappa shape index (κ3) is 4.57. The standard InChI is InChI=1S/C25H23ClN2O3/c1-2-3-12-23(25(29)30)31-20-13-14-21-22(16-20)28(19-11-7-10-18(26)15-19)24(27-21)17-8-5-4-6-9-17/h4-11,13-16,23H,2-3,12H2,1H3,(H,29,30). The number of aliphatic carboxylic acids is 1. The molecule has 1 atom stereocenters. The lowest BCUT2D eigenvalue weighted by molar-refractivity contribution is -0.145. The maximum atomic E-state index is 11.6. The third-order valence-corrected chi connectivity index (χ3v) is 5.33. The number of carboxylic acids is 1. The Bertz CT molecular complexity index is 1200. The number of rotatable bonds is 8. The zero-order valence-corrected chi connectivity index (χ0v) is 17.9. The number of ether oxygens (including phenoxy) is 1. The number of aromatic nitrogens is 2. The van der Waals surface area contributed by atoms with Crippen molar-refractivity contribution in [3.05, 3.63) is 77.8 Å². The van der Waals surface area contributed by atoms with Gasteiger partial charge in [-0.15, -0.1) is 0 Å². The van der Waals surface area contributed by atoms with Gasteiger partial charge in [0.05, 0.1) is 11.0 Å². The number of nitrogens with zero attached hydrogens (tertiary/aromatic N) is 2. The van der Waals surface area contributed by atoms with E-state index in [1.807, 2.05) is 78.2 Å². The molecule has 0 aliphatic carbocycles. The molecule has 0 spiro atoms. The highest BCUT2D eigenvalue weighted by Gasteiger charge is 2.20. The first-order valence-corrected chi connectivity index (χ1v) is 10.7. The van der Waals surface area contributed by atoms with Crippen molar-refractivity contribution in [2.75, 3.05) is 0 Å². The zero-order valence-electron chi connectivity index (χ0n) is 17.2. The van der Waals surface area contributed by atoms with E-state index in [9.17, 15) is 9.90 Å². The van der Waals surface area contributed by atoms with Crippen LogP contribution in [0.15, 0.2) is 72.8 Å². The molecule has 0 aliphatic heterocycles. The predicted octanol–water partition coefficient (Wildman–Crippen LogP) is 6.37. The summed E-state index contributed by atoms with van der Waals surface area (Å²) in [6.07, 6.45) is 1.28. The maximum Gasteiger partial charge on any atom is 0.344 e. The van der Waals surface area contributed by atoms with E-state index >= 15 is 0 Å². The van der Waals surface area contributed by atoms with Gasteiger partial charge in [-0.05, 0) is 43.2 Å². The number of halogens is 1. The molecule has 31 heavy (non-hydrogen) atoms. The fourth-order valence-electron chi connectivity index (χ4n) is 3.57. The van der Waals surface area contributed by atoms with E-state index in [2.05, 4.69) is 0 Å². The van der Waals surface area contributed by atoms with Gasteiger partial charge in [0.2, 0.25) is 0 Å². The normalized spacial score (nSPS) is 12.1. The summed E-state index contributed by atoms with van der Waals surface area (Å²) in [6, 6.07) is 22.9. The van der Waals surface area contributed by atoms with Gasteiger partial charge in [-0.25, -0.2) is 9.78 Å². The molecule has 0 amide bonds. The largest absolute Gasteiger partial charge is 0.479 e. The Labute approximate surface area is 185 Å². The monoisotopic (exact) mass is 434 g/mol. The van der Waals surface area contributed by atoms with Crippen LogP contribution in [0, 0.1) is 0 Å². The van der Waals surface area contributed by atoms with E-state index in [1.165, 1.54) is 0 Å². The predicted molar refractivity (Wildman–Crippen MR) is 123 cm³/mol. The topological polar surface area (TPSA) is 64.4 Å². The smallest absolute Gasteiger partial charge is 0.344 e. The second-order valence-electron chi connectivity index (χ2n) is 7.35. The number of benzene rings is 3. The van der Waals surface area contributed by atoms with Crippen molar-refractivity contribution in [3.63, 3.8) is 0 Å². The molecule has 1 unspecified atom stereocenters. The van der Waals surface area contributed by atoms with E-state index in [4.69, 9.17) is 21.3 Å². The Morgan fingerprint density at radius 3 is 2.61 bits per heavy atom.